The van der Waals surface area contributed by atoms with Crippen LogP contribution in [0, 0.1) is 0 Å². The maximum Gasteiger partial charge on any atom is 0.333 e. The molecule has 1 aliphatic heterocycles. The summed E-state index contributed by atoms with van der Waals surface area (Å²) in [7, 11) is 1.44. The zero-order valence-corrected chi connectivity index (χ0v) is 15.3. The number of anilines is 1. The lowest BCUT2D eigenvalue weighted by Crippen LogP contribution is -2.30. The van der Waals surface area contributed by atoms with Crippen molar-refractivity contribution in [3.05, 3.63) is 70.9 Å². The van der Waals surface area contributed by atoms with Crippen molar-refractivity contribution >= 4 is 35.3 Å². The normalized spacial score (nSPS) is 15.2. The first kappa shape index (κ1) is 18.5. The average molecular weight is 385 g/mol. The first-order chi connectivity index (χ1) is 12.9. The number of carbonyl (C=O) groups is 2. The number of allylic oxidation sites excluding steroid dienone is 1. The van der Waals surface area contributed by atoms with E-state index in [0.29, 0.717) is 28.3 Å². The summed E-state index contributed by atoms with van der Waals surface area (Å²) in [5.74, 6) is -0.198. The molecule has 1 fully saturated rings. The van der Waals surface area contributed by atoms with Gasteiger partial charge in [-0.25, -0.2) is 9.69 Å². The summed E-state index contributed by atoms with van der Waals surface area (Å²) in [6, 6.07) is 9.13. The fourth-order valence-electron chi connectivity index (χ4n) is 2.77. The molecule has 0 aromatic heterocycles. The molecule has 0 bridgehead atoms. The lowest BCUT2D eigenvalue weighted by molar-refractivity contribution is -0.113. The number of hydrogen-bond acceptors (Lipinski definition) is 4. The van der Waals surface area contributed by atoms with Gasteiger partial charge in [-0.05, 0) is 54.5 Å². The van der Waals surface area contributed by atoms with Crippen LogP contribution in [0.4, 0.5) is 10.5 Å². The molecule has 27 heavy (non-hydrogen) atoms. The van der Waals surface area contributed by atoms with Crippen LogP contribution in [0.25, 0.3) is 6.08 Å². The number of urea groups is 1. The number of imide groups is 1. The zero-order valence-electron chi connectivity index (χ0n) is 14.5. The standard InChI is InChI=1S/C20H17ClN2O4/c1-3-4-13-9-12(11-17(27-2)18(13)24)10-16-19(25)23(20(26)22-16)15-7-5-14(21)6-8-15/h3,5-11,24H,1,4H2,2H3,(H,22,26)/b16-10+. The number of carbonyl (C=O) groups excluding carboxylic acids is 2. The Bertz CT molecular complexity index is 951. The number of methoxy groups -OCH3 is 1. The molecule has 0 saturated carbocycles. The number of rotatable bonds is 5. The maximum atomic E-state index is 12.7. The lowest BCUT2D eigenvalue weighted by Gasteiger charge is -2.11. The fraction of sp³-hybridized carbons (Fsp3) is 0.100. The van der Waals surface area contributed by atoms with Crippen LogP contribution in [-0.2, 0) is 11.2 Å². The molecule has 1 saturated heterocycles. The van der Waals surface area contributed by atoms with Crippen LogP contribution >= 0.6 is 11.6 Å². The van der Waals surface area contributed by atoms with E-state index in [0.717, 1.165) is 4.90 Å². The van der Waals surface area contributed by atoms with E-state index in [4.69, 9.17) is 16.3 Å². The SMILES string of the molecule is C=CCc1cc(/C=C2/NC(=O)N(c3ccc(Cl)cc3)C2=O)cc(OC)c1O. The second-order valence-corrected chi connectivity index (χ2v) is 6.27. The Morgan fingerprint density at radius 3 is 2.59 bits per heavy atom. The Labute approximate surface area is 161 Å². The van der Waals surface area contributed by atoms with Crippen molar-refractivity contribution in [1.82, 2.24) is 5.32 Å². The number of nitrogens with zero attached hydrogens (tertiary/aromatic N) is 1. The van der Waals surface area contributed by atoms with E-state index < -0.39 is 11.9 Å². The molecule has 2 aromatic rings. The molecule has 2 aromatic carbocycles. The Morgan fingerprint density at radius 1 is 1.26 bits per heavy atom. The minimum atomic E-state index is -0.550. The van der Waals surface area contributed by atoms with Crippen LogP contribution in [0.1, 0.15) is 11.1 Å². The van der Waals surface area contributed by atoms with E-state index in [1.807, 2.05) is 0 Å². The van der Waals surface area contributed by atoms with Crippen molar-refractivity contribution in [2.45, 2.75) is 6.42 Å². The Balaban J connectivity index is 1.97. The van der Waals surface area contributed by atoms with E-state index in [2.05, 4.69) is 11.9 Å². The smallest absolute Gasteiger partial charge is 0.333 e. The van der Waals surface area contributed by atoms with Crippen LogP contribution in [0.3, 0.4) is 0 Å². The van der Waals surface area contributed by atoms with Crippen LogP contribution < -0.4 is 15.0 Å². The number of ether oxygens (including phenoxy) is 1. The number of halogens is 1. The van der Waals surface area contributed by atoms with Gasteiger partial charge in [-0.1, -0.05) is 17.7 Å². The molecule has 0 spiro atoms. The Morgan fingerprint density at radius 2 is 1.96 bits per heavy atom. The number of phenols is 1. The van der Waals surface area contributed by atoms with Crippen LogP contribution in [-0.4, -0.2) is 24.2 Å². The molecular weight excluding hydrogens is 368 g/mol. The van der Waals surface area contributed by atoms with Crippen molar-refractivity contribution in [2.75, 3.05) is 12.0 Å². The van der Waals surface area contributed by atoms with Crippen molar-refractivity contribution < 1.29 is 19.4 Å². The molecule has 0 atom stereocenters. The highest BCUT2D eigenvalue weighted by atomic mass is 35.5. The molecule has 1 aliphatic rings. The molecule has 3 amide bonds. The molecule has 3 rings (SSSR count). The predicted molar refractivity (Wildman–Crippen MR) is 104 cm³/mol. The van der Waals surface area contributed by atoms with Crippen LogP contribution in [0.5, 0.6) is 11.5 Å². The molecule has 0 aliphatic carbocycles. The molecule has 138 valence electrons. The van der Waals surface area contributed by atoms with E-state index in [1.54, 1.807) is 42.5 Å². The fourth-order valence-corrected chi connectivity index (χ4v) is 2.89. The molecule has 2 N–H and O–H groups in total. The summed E-state index contributed by atoms with van der Waals surface area (Å²) in [5.41, 5.74) is 1.74. The van der Waals surface area contributed by atoms with E-state index in [-0.39, 0.29) is 17.2 Å². The molecule has 6 nitrogen and oxygen atoms in total. The molecule has 1 heterocycles. The summed E-state index contributed by atoms with van der Waals surface area (Å²) in [5, 5.41) is 13.2. The van der Waals surface area contributed by atoms with Crippen molar-refractivity contribution in [2.24, 2.45) is 0 Å². The largest absolute Gasteiger partial charge is 0.504 e. The van der Waals surface area contributed by atoms with Gasteiger partial charge in [0.1, 0.15) is 5.70 Å². The predicted octanol–water partition coefficient (Wildman–Crippen LogP) is 3.88. The van der Waals surface area contributed by atoms with E-state index in [1.165, 1.54) is 13.2 Å². The molecule has 0 unspecified atom stereocenters. The first-order valence-corrected chi connectivity index (χ1v) is 8.46. The number of hydrogen-bond donors (Lipinski definition) is 2. The van der Waals surface area contributed by atoms with Gasteiger partial charge in [0.15, 0.2) is 11.5 Å². The zero-order chi connectivity index (χ0) is 19.6. The third-order valence-corrected chi connectivity index (χ3v) is 4.29. The van der Waals surface area contributed by atoms with Crippen LogP contribution in [0.15, 0.2) is 54.8 Å². The number of nitrogens with one attached hydrogen (secondary N) is 1. The number of amides is 3. The third kappa shape index (κ3) is 3.66. The topological polar surface area (TPSA) is 78.9 Å². The van der Waals surface area contributed by atoms with Gasteiger partial charge < -0.3 is 15.2 Å². The second-order valence-electron chi connectivity index (χ2n) is 5.83. The Hall–Kier alpha value is -3.25. The summed E-state index contributed by atoms with van der Waals surface area (Å²) >= 11 is 5.85. The number of aromatic hydroxyl groups is 1. The van der Waals surface area contributed by atoms with Gasteiger partial charge >= 0.3 is 6.03 Å². The van der Waals surface area contributed by atoms with E-state index >= 15 is 0 Å². The van der Waals surface area contributed by atoms with Gasteiger partial charge in [0.05, 0.1) is 12.8 Å². The molecule has 0 radical (unpaired) electrons. The Kier molecular flexibility index (Phi) is 5.19. The second kappa shape index (κ2) is 7.55. The minimum absolute atomic E-state index is 0.0177. The summed E-state index contributed by atoms with van der Waals surface area (Å²) in [6.07, 6.45) is 3.61. The lowest BCUT2D eigenvalue weighted by atomic mass is 10.0. The van der Waals surface area contributed by atoms with Gasteiger partial charge in [0.2, 0.25) is 0 Å². The third-order valence-electron chi connectivity index (χ3n) is 4.03. The van der Waals surface area contributed by atoms with Crippen LogP contribution in [0.2, 0.25) is 5.02 Å². The highest BCUT2D eigenvalue weighted by Gasteiger charge is 2.34. The van der Waals surface area contributed by atoms with Crippen molar-refractivity contribution in [1.29, 1.82) is 0 Å². The van der Waals surface area contributed by atoms with Crippen molar-refractivity contribution in [3.8, 4) is 11.5 Å². The van der Waals surface area contributed by atoms with E-state index in [9.17, 15) is 14.7 Å². The van der Waals surface area contributed by atoms with Gasteiger partial charge in [-0.15, -0.1) is 6.58 Å². The van der Waals surface area contributed by atoms with Gasteiger partial charge in [-0.2, -0.15) is 0 Å². The molecule has 7 heteroatoms. The monoisotopic (exact) mass is 384 g/mol. The van der Waals surface area contributed by atoms with Gasteiger partial charge in [0, 0.05) is 10.6 Å². The number of benzene rings is 2. The van der Waals surface area contributed by atoms with Crippen molar-refractivity contribution in [3.63, 3.8) is 0 Å². The summed E-state index contributed by atoms with van der Waals surface area (Å²) in [4.78, 5) is 26.0. The average Bonchev–Trinajstić information content (AvgIpc) is 2.92. The van der Waals surface area contributed by atoms with Gasteiger partial charge in [-0.3, -0.25) is 4.79 Å². The minimum Gasteiger partial charge on any atom is -0.504 e. The summed E-state index contributed by atoms with van der Waals surface area (Å²) < 4.78 is 5.18. The molecular formula is C20H17ClN2O4. The number of phenolic OH excluding ortho intramolecular Hbond substituents is 1. The quantitative estimate of drug-likeness (QED) is 0.466. The first-order valence-electron chi connectivity index (χ1n) is 8.08. The van der Waals surface area contributed by atoms with Gasteiger partial charge in [0.25, 0.3) is 5.91 Å². The summed E-state index contributed by atoms with van der Waals surface area (Å²) in [6.45, 7) is 3.66. The highest BCUT2D eigenvalue weighted by Crippen LogP contribution is 2.33. The maximum absolute atomic E-state index is 12.7. The highest BCUT2D eigenvalue weighted by molar-refractivity contribution is 6.31.